The Morgan fingerprint density at radius 2 is 1.56 bits per heavy atom. The zero-order valence-electron chi connectivity index (χ0n) is 19.8. The minimum Gasteiger partial charge on any atom is -0.423 e. The van der Waals surface area contributed by atoms with Crippen LogP contribution in [-0.2, 0) is 4.74 Å². The number of aliphatic hydroxyl groups is 1. The van der Waals surface area contributed by atoms with Gasteiger partial charge in [-0.25, -0.2) is 18.0 Å². The highest BCUT2D eigenvalue weighted by Crippen LogP contribution is 2.39. The third-order valence-electron chi connectivity index (χ3n) is 7.30. The molecule has 0 bridgehead atoms. The van der Waals surface area contributed by atoms with E-state index in [1.807, 2.05) is 0 Å². The number of carbonyl (C=O) groups is 1. The Labute approximate surface area is 207 Å². The van der Waals surface area contributed by atoms with Gasteiger partial charge in [0.15, 0.2) is 11.6 Å². The lowest BCUT2D eigenvalue weighted by Crippen LogP contribution is -2.23. The first-order valence-corrected chi connectivity index (χ1v) is 12.2. The number of carbonyl (C=O) groups excluding carboxylic acids is 1. The molecule has 1 aliphatic heterocycles. The summed E-state index contributed by atoms with van der Waals surface area (Å²) in [6.07, 6.45) is 2.21. The van der Waals surface area contributed by atoms with E-state index in [9.17, 15) is 23.1 Å². The molecule has 36 heavy (non-hydrogen) atoms. The number of benzene rings is 3. The summed E-state index contributed by atoms with van der Waals surface area (Å²) in [5, 5.41) is 9.76. The first-order valence-electron chi connectivity index (χ1n) is 12.2. The lowest BCUT2D eigenvalue weighted by atomic mass is 9.76. The summed E-state index contributed by atoms with van der Waals surface area (Å²) in [6.45, 7) is 2.27. The van der Waals surface area contributed by atoms with Crippen LogP contribution in [0.25, 0.3) is 11.1 Å². The smallest absolute Gasteiger partial charge is 0.346 e. The van der Waals surface area contributed by atoms with Gasteiger partial charge >= 0.3 is 5.97 Å². The average Bonchev–Trinajstić information content (AvgIpc) is 3.71. The molecular formula is C29H27F3O4. The molecule has 4 nitrogen and oxygen atoms in total. The minimum absolute atomic E-state index is 0.150. The molecule has 0 aromatic heterocycles. The van der Waals surface area contributed by atoms with Gasteiger partial charge < -0.3 is 14.6 Å². The summed E-state index contributed by atoms with van der Waals surface area (Å²) in [7, 11) is 0. The van der Waals surface area contributed by atoms with Crippen molar-refractivity contribution in [3.63, 3.8) is 0 Å². The third kappa shape index (κ3) is 5.04. The number of hydrogen-bond acceptors (Lipinski definition) is 4. The maximum Gasteiger partial charge on any atom is 0.346 e. The second-order valence-electron chi connectivity index (χ2n) is 9.65. The maximum atomic E-state index is 14.9. The molecule has 0 spiro atoms. The van der Waals surface area contributed by atoms with Crippen molar-refractivity contribution in [1.82, 2.24) is 0 Å². The van der Waals surface area contributed by atoms with Gasteiger partial charge in [0.1, 0.15) is 17.7 Å². The van der Waals surface area contributed by atoms with Crippen LogP contribution in [0.3, 0.4) is 0 Å². The van der Waals surface area contributed by atoms with Crippen LogP contribution in [0.5, 0.6) is 5.75 Å². The summed E-state index contributed by atoms with van der Waals surface area (Å²) in [4.78, 5) is 12.6. The zero-order valence-corrected chi connectivity index (χ0v) is 19.8. The van der Waals surface area contributed by atoms with E-state index in [1.54, 1.807) is 31.2 Å². The predicted octanol–water partition coefficient (Wildman–Crippen LogP) is 6.72. The van der Waals surface area contributed by atoms with Crippen molar-refractivity contribution in [3.05, 3.63) is 88.7 Å². The molecule has 188 valence electrons. The van der Waals surface area contributed by atoms with Crippen LogP contribution in [-0.4, -0.2) is 23.8 Å². The summed E-state index contributed by atoms with van der Waals surface area (Å²) in [5.41, 5.74) is 1.67. The Hall–Kier alpha value is -3.16. The standard InChI is InChI=1S/C29H27F3O4/c1-16(33)17-2-4-19(5-3-17)22-12-13-24(28(32)27(22)31)29(34)36-21-9-6-18(7-10-21)20-8-11-23(25(30)14-20)26-15-35-26/h6-14,16-17,19,26,33H,2-5,15H2,1H3. The number of epoxide rings is 1. The number of halogens is 3. The molecule has 3 aromatic carbocycles. The number of ether oxygens (including phenoxy) is 2. The molecule has 5 rings (SSSR count). The van der Waals surface area contributed by atoms with Crippen molar-refractivity contribution in [3.8, 4) is 16.9 Å². The molecule has 2 unspecified atom stereocenters. The van der Waals surface area contributed by atoms with E-state index in [0.717, 1.165) is 12.8 Å². The minimum atomic E-state index is -1.22. The van der Waals surface area contributed by atoms with Gasteiger partial charge in [-0.15, -0.1) is 0 Å². The summed E-state index contributed by atoms with van der Waals surface area (Å²) in [6, 6.07) is 14.0. The van der Waals surface area contributed by atoms with Gasteiger partial charge in [0.05, 0.1) is 18.3 Å². The van der Waals surface area contributed by atoms with Crippen molar-refractivity contribution in [1.29, 1.82) is 0 Å². The Bertz CT molecular complexity index is 1260. The summed E-state index contributed by atoms with van der Waals surface area (Å²) >= 11 is 0. The number of rotatable bonds is 6. The molecule has 2 atom stereocenters. The second kappa shape index (κ2) is 10.1. The van der Waals surface area contributed by atoms with Crippen LogP contribution in [0.15, 0.2) is 54.6 Å². The first-order chi connectivity index (χ1) is 17.3. The molecule has 0 amide bonds. The third-order valence-corrected chi connectivity index (χ3v) is 7.30. The monoisotopic (exact) mass is 496 g/mol. The van der Waals surface area contributed by atoms with E-state index < -0.39 is 29.3 Å². The number of hydrogen-bond donors (Lipinski definition) is 1. The van der Waals surface area contributed by atoms with E-state index in [-0.39, 0.29) is 35.1 Å². The highest BCUT2D eigenvalue weighted by atomic mass is 19.2. The molecule has 1 aliphatic carbocycles. The molecule has 2 aliphatic rings. The first kappa shape index (κ1) is 24.5. The maximum absolute atomic E-state index is 14.9. The van der Waals surface area contributed by atoms with E-state index in [2.05, 4.69) is 0 Å². The molecule has 7 heteroatoms. The largest absolute Gasteiger partial charge is 0.423 e. The Morgan fingerprint density at radius 1 is 0.917 bits per heavy atom. The van der Waals surface area contributed by atoms with Crippen LogP contribution >= 0.6 is 0 Å². The molecule has 1 N–H and O–H groups in total. The normalized spacial score (nSPS) is 22.2. The van der Waals surface area contributed by atoms with E-state index >= 15 is 0 Å². The quantitative estimate of drug-likeness (QED) is 0.234. The van der Waals surface area contributed by atoms with Crippen LogP contribution < -0.4 is 4.74 Å². The lowest BCUT2D eigenvalue weighted by Gasteiger charge is -2.30. The second-order valence-corrected chi connectivity index (χ2v) is 9.65. The van der Waals surface area contributed by atoms with Gasteiger partial charge in [0, 0.05) is 5.56 Å². The van der Waals surface area contributed by atoms with Crippen molar-refractivity contribution >= 4 is 5.97 Å². The van der Waals surface area contributed by atoms with Crippen molar-refractivity contribution in [2.45, 2.75) is 50.7 Å². The van der Waals surface area contributed by atoms with Gasteiger partial charge in [-0.1, -0.05) is 30.3 Å². The van der Waals surface area contributed by atoms with E-state index in [4.69, 9.17) is 9.47 Å². The highest BCUT2D eigenvalue weighted by Gasteiger charge is 2.30. The molecular weight excluding hydrogens is 469 g/mol. The lowest BCUT2D eigenvalue weighted by molar-refractivity contribution is 0.0728. The molecule has 0 radical (unpaired) electrons. The highest BCUT2D eigenvalue weighted by molar-refractivity contribution is 5.91. The fraction of sp³-hybridized carbons (Fsp3) is 0.345. The van der Waals surface area contributed by atoms with Crippen LogP contribution in [0.4, 0.5) is 13.2 Å². The van der Waals surface area contributed by atoms with E-state index in [1.165, 1.54) is 30.3 Å². The van der Waals surface area contributed by atoms with Crippen LogP contribution in [0.1, 0.15) is 66.1 Å². The molecule has 1 saturated carbocycles. The predicted molar refractivity (Wildman–Crippen MR) is 128 cm³/mol. The van der Waals surface area contributed by atoms with Gasteiger partial charge in [0.2, 0.25) is 0 Å². The van der Waals surface area contributed by atoms with Crippen molar-refractivity contribution < 1.29 is 32.5 Å². The van der Waals surface area contributed by atoms with Crippen LogP contribution in [0.2, 0.25) is 0 Å². The Balaban J connectivity index is 1.26. The SMILES string of the molecule is CC(O)C1CCC(c2ccc(C(=O)Oc3ccc(-c4ccc(C5CO5)c(F)c4)cc3)c(F)c2F)CC1. The van der Waals surface area contributed by atoms with Gasteiger partial charge in [-0.3, -0.25) is 0 Å². The number of aliphatic hydroxyl groups excluding tert-OH is 1. The Morgan fingerprint density at radius 3 is 2.17 bits per heavy atom. The molecule has 3 aromatic rings. The van der Waals surface area contributed by atoms with Crippen molar-refractivity contribution in [2.24, 2.45) is 5.92 Å². The zero-order chi connectivity index (χ0) is 25.4. The van der Waals surface area contributed by atoms with Gasteiger partial charge in [-0.05, 0) is 85.4 Å². The van der Waals surface area contributed by atoms with E-state index in [0.29, 0.717) is 36.1 Å². The van der Waals surface area contributed by atoms with Crippen LogP contribution in [0, 0.1) is 23.4 Å². The summed E-state index contributed by atoms with van der Waals surface area (Å²) < 4.78 is 54.4. The fourth-order valence-electron chi connectivity index (χ4n) is 5.02. The van der Waals surface area contributed by atoms with Gasteiger partial charge in [-0.2, -0.15) is 0 Å². The summed E-state index contributed by atoms with van der Waals surface area (Å²) in [5.74, 6) is -3.41. The molecule has 2 fully saturated rings. The van der Waals surface area contributed by atoms with Gasteiger partial charge in [0.25, 0.3) is 0 Å². The molecule has 1 saturated heterocycles. The Kier molecular flexibility index (Phi) is 6.86. The fourth-order valence-corrected chi connectivity index (χ4v) is 5.02. The average molecular weight is 497 g/mol. The molecule has 1 heterocycles. The number of esters is 1. The van der Waals surface area contributed by atoms with Crippen molar-refractivity contribution in [2.75, 3.05) is 6.61 Å². The topological polar surface area (TPSA) is 59.1 Å².